The minimum atomic E-state index is -0.516. The lowest BCUT2D eigenvalue weighted by atomic mass is 10.3. The third-order valence-electron chi connectivity index (χ3n) is 2.17. The Kier molecular flexibility index (Phi) is 6.51. The summed E-state index contributed by atoms with van der Waals surface area (Å²) < 4.78 is 0. The predicted octanol–water partition coefficient (Wildman–Crippen LogP) is 0.905. The van der Waals surface area contributed by atoms with Gasteiger partial charge < -0.3 is 15.7 Å². The first-order valence-corrected chi connectivity index (χ1v) is 6.76. The maximum atomic E-state index is 10.3. The normalized spacial score (nSPS) is 11.1. The van der Waals surface area contributed by atoms with Gasteiger partial charge in [-0.25, -0.2) is 0 Å². The van der Waals surface area contributed by atoms with Crippen LogP contribution >= 0.6 is 11.8 Å². The second-order valence-corrected chi connectivity index (χ2v) is 4.63. The highest BCUT2D eigenvalue weighted by Gasteiger charge is 2.02. The van der Waals surface area contributed by atoms with Crippen LogP contribution in [0.25, 0.3) is 0 Å². The molecule has 0 atom stereocenters. The van der Waals surface area contributed by atoms with Crippen molar-refractivity contribution in [1.29, 1.82) is 0 Å². The number of nitrogens with zero attached hydrogens (tertiary/aromatic N) is 2. The third-order valence-corrected chi connectivity index (χ3v) is 3.14. The Morgan fingerprint density at radius 2 is 2.47 bits per heavy atom. The molecular formula is C11H16N4O3S. The Hall–Kier alpha value is -1.96. The van der Waals surface area contributed by atoms with Gasteiger partial charge in [-0.3, -0.25) is 15.1 Å². The molecule has 1 heterocycles. The van der Waals surface area contributed by atoms with Gasteiger partial charge in [0.2, 0.25) is 0 Å². The summed E-state index contributed by atoms with van der Waals surface area (Å²) in [5.74, 6) is 1.90. The number of nitrogens with one attached hydrogen (secondary N) is 2. The fraction of sp³-hybridized carbons (Fsp3) is 0.364. The standard InChI is InChI=1S/C11H16N4O3S/c1-12-11(7-15(17)18)14-5-6-19-8-9-10(16)3-2-4-13-9/h2-4,7,12,14,16H,5-6,8H2,1H3. The van der Waals surface area contributed by atoms with E-state index in [2.05, 4.69) is 15.6 Å². The first-order chi connectivity index (χ1) is 9.13. The molecule has 0 aliphatic heterocycles. The molecule has 0 aromatic carbocycles. The maximum Gasteiger partial charge on any atom is 0.274 e. The van der Waals surface area contributed by atoms with E-state index >= 15 is 0 Å². The second-order valence-electron chi connectivity index (χ2n) is 3.53. The van der Waals surface area contributed by atoms with E-state index in [1.54, 1.807) is 37.1 Å². The molecular weight excluding hydrogens is 268 g/mol. The van der Waals surface area contributed by atoms with E-state index in [1.165, 1.54) is 0 Å². The average Bonchev–Trinajstić information content (AvgIpc) is 2.38. The molecule has 0 spiro atoms. The van der Waals surface area contributed by atoms with Crippen molar-refractivity contribution >= 4 is 11.8 Å². The van der Waals surface area contributed by atoms with Gasteiger partial charge in [0.1, 0.15) is 5.75 Å². The van der Waals surface area contributed by atoms with Crippen LogP contribution in [0, 0.1) is 10.1 Å². The van der Waals surface area contributed by atoms with Crippen LogP contribution in [0.15, 0.2) is 30.4 Å². The van der Waals surface area contributed by atoms with Gasteiger partial charge in [-0.2, -0.15) is 11.8 Å². The molecule has 0 radical (unpaired) electrons. The summed E-state index contributed by atoms with van der Waals surface area (Å²) in [5, 5.41) is 25.4. The Balaban J connectivity index is 2.25. The van der Waals surface area contributed by atoms with Crippen LogP contribution in [0.2, 0.25) is 0 Å². The number of rotatable bonds is 8. The molecule has 3 N–H and O–H groups in total. The first-order valence-electron chi connectivity index (χ1n) is 5.61. The maximum absolute atomic E-state index is 10.3. The van der Waals surface area contributed by atoms with E-state index in [0.29, 0.717) is 23.8 Å². The lowest BCUT2D eigenvalue weighted by Gasteiger charge is -2.07. The van der Waals surface area contributed by atoms with E-state index in [0.717, 1.165) is 12.0 Å². The molecule has 0 saturated heterocycles. The Morgan fingerprint density at radius 1 is 1.68 bits per heavy atom. The van der Waals surface area contributed by atoms with E-state index in [4.69, 9.17) is 0 Å². The zero-order chi connectivity index (χ0) is 14.1. The highest BCUT2D eigenvalue weighted by Crippen LogP contribution is 2.18. The topological polar surface area (TPSA) is 100 Å². The molecule has 19 heavy (non-hydrogen) atoms. The van der Waals surface area contributed by atoms with Crippen LogP contribution in [-0.2, 0) is 5.75 Å². The van der Waals surface area contributed by atoms with Gasteiger partial charge in [0.05, 0.1) is 10.6 Å². The first kappa shape index (κ1) is 15.1. The van der Waals surface area contributed by atoms with Gasteiger partial charge in [0.25, 0.3) is 6.20 Å². The molecule has 0 bridgehead atoms. The van der Waals surface area contributed by atoms with Crippen LogP contribution in [0.1, 0.15) is 5.69 Å². The van der Waals surface area contributed by atoms with Crippen molar-refractivity contribution in [2.24, 2.45) is 0 Å². The van der Waals surface area contributed by atoms with Crippen LogP contribution < -0.4 is 10.6 Å². The number of thioether (sulfide) groups is 1. The molecule has 0 fully saturated rings. The highest BCUT2D eigenvalue weighted by atomic mass is 32.2. The van der Waals surface area contributed by atoms with Gasteiger partial charge in [-0.1, -0.05) is 0 Å². The molecule has 104 valence electrons. The van der Waals surface area contributed by atoms with Crippen molar-refractivity contribution in [1.82, 2.24) is 15.6 Å². The fourth-order valence-corrected chi connectivity index (χ4v) is 2.08. The van der Waals surface area contributed by atoms with Crippen LogP contribution in [-0.4, -0.2) is 34.4 Å². The molecule has 0 aliphatic rings. The van der Waals surface area contributed by atoms with Crippen molar-refractivity contribution in [3.05, 3.63) is 46.2 Å². The van der Waals surface area contributed by atoms with Gasteiger partial charge in [-0.05, 0) is 12.1 Å². The minimum absolute atomic E-state index is 0.187. The van der Waals surface area contributed by atoms with E-state index in [1.807, 2.05) is 0 Å². The molecule has 0 amide bonds. The number of pyridine rings is 1. The molecule has 1 rings (SSSR count). The molecule has 0 saturated carbocycles. The van der Waals surface area contributed by atoms with Gasteiger partial charge in [0, 0.05) is 31.3 Å². The van der Waals surface area contributed by atoms with Gasteiger partial charge >= 0.3 is 0 Å². The Bertz CT molecular complexity index is 453. The monoisotopic (exact) mass is 284 g/mol. The van der Waals surface area contributed by atoms with Crippen LogP contribution in [0.3, 0.4) is 0 Å². The predicted molar refractivity (Wildman–Crippen MR) is 74.2 cm³/mol. The van der Waals surface area contributed by atoms with Gasteiger partial charge in [0.15, 0.2) is 5.82 Å². The average molecular weight is 284 g/mol. The van der Waals surface area contributed by atoms with Crippen molar-refractivity contribution in [3.63, 3.8) is 0 Å². The largest absolute Gasteiger partial charge is 0.506 e. The molecule has 1 aromatic heterocycles. The summed E-state index contributed by atoms with van der Waals surface area (Å²) in [6.07, 6.45) is 2.52. The lowest BCUT2D eigenvalue weighted by molar-refractivity contribution is -0.404. The molecule has 0 unspecified atom stereocenters. The summed E-state index contributed by atoms with van der Waals surface area (Å²) in [6.45, 7) is 0.582. The summed E-state index contributed by atoms with van der Waals surface area (Å²) in [4.78, 5) is 13.8. The van der Waals surface area contributed by atoms with Gasteiger partial charge in [-0.15, -0.1) is 0 Å². The lowest BCUT2D eigenvalue weighted by Crippen LogP contribution is -2.26. The number of aromatic nitrogens is 1. The van der Waals surface area contributed by atoms with E-state index in [-0.39, 0.29) is 5.75 Å². The van der Waals surface area contributed by atoms with Crippen LogP contribution in [0.4, 0.5) is 0 Å². The number of hydrogen-bond donors (Lipinski definition) is 3. The van der Waals surface area contributed by atoms with Crippen molar-refractivity contribution in [2.75, 3.05) is 19.3 Å². The Labute approximate surface area is 115 Å². The Morgan fingerprint density at radius 3 is 3.11 bits per heavy atom. The summed E-state index contributed by atoms with van der Waals surface area (Å²) in [7, 11) is 1.61. The number of aromatic hydroxyl groups is 1. The van der Waals surface area contributed by atoms with Crippen molar-refractivity contribution in [3.8, 4) is 5.75 Å². The zero-order valence-electron chi connectivity index (χ0n) is 10.5. The summed E-state index contributed by atoms with van der Waals surface area (Å²) in [6, 6.07) is 3.27. The summed E-state index contributed by atoms with van der Waals surface area (Å²) in [5.41, 5.74) is 0.641. The van der Waals surface area contributed by atoms with Crippen molar-refractivity contribution < 1.29 is 10.0 Å². The second kappa shape index (κ2) is 8.20. The highest BCUT2D eigenvalue weighted by molar-refractivity contribution is 7.98. The van der Waals surface area contributed by atoms with E-state index in [9.17, 15) is 15.2 Å². The summed E-state index contributed by atoms with van der Waals surface area (Å²) >= 11 is 1.58. The van der Waals surface area contributed by atoms with E-state index < -0.39 is 4.92 Å². The molecule has 7 nitrogen and oxygen atoms in total. The van der Waals surface area contributed by atoms with Crippen molar-refractivity contribution in [2.45, 2.75) is 5.75 Å². The molecule has 0 aliphatic carbocycles. The number of nitro groups is 1. The quantitative estimate of drug-likeness (QED) is 0.370. The molecule has 1 aromatic rings. The minimum Gasteiger partial charge on any atom is -0.506 e. The number of hydrogen-bond acceptors (Lipinski definition) is 7. The third kappa shape index (κ3) is 5.96. The fourth-order valence-electron chi connectivity index (χ4n) is 1.27. The smallest absolute Gasteiger partial charge is 0.274 e. The SMILES string of the molecule is CNC(=C[N+](=O)[O-])NCCSCc1ncccc1O. The van der Waals surface area contributed by atoms with Crippen LogP contribution in [0.5, 0.6) is 5.75 Å². The zero-order valence-corrected chi connectivity index (χ0v) is 11.3. The molecule has 8 heteroatoms.